The van der Waals surface area contributed by atoms with Gasteiger partial charge >= 0.3 is 0 Å². The predicted octanol–water partition coefficient (Wildman–Crippen LogP) is 2.79. The fourth-order valence-electron chi connectivity index (χ4n) is 2.39. The Labute approximate surface area is 159 Å². The Balaban J connectivity index is 1.84. The number of nitrogens with one attached hydrogen (secondary N) is 2. The normalized spacial score (nSPS) is 11.3. The van der Waals surface area contributed by atoms with Crippen LogP contribution >= 0.6 is 11.6 Å². The van der Waals surface area contributed by atoms with Crippen LogP contribution in [0.25, 0.3) is 0 Å². The van der Waals surface area contributed by atoms with Gasteiger partial charge in [-0.25, -0.2) is 4.98 Å². The molecule has 0 atom stereocenters. The van der Waals surface area contributed by atoms with Crippen LogP contribution in [0.5, 0.6) is 11.5 Å². The number of rotatable bonds is 8. The molecule has 0 fully saturated rings. The van der Waals surface area contributed by atoms with E-state index in [1.807, 2.05) is 25.1 Å². The molecule has 140 valence electrons. The van der Waals surface area contributed by atoms with Crippen LogP contribution in [0.15, 0.2) is 41.5 Å². The van der Waals surface area contributed by atoms with Gasteiger partial charge in [0.2, 0.25) is 0 Å². The molecule has 2 rings (SSSR count). The van der Waals surface area contributed by atoms with Crippen molar-refractivity contribution < 1.29 is 9.84 Å². The number of guanidine groups is 1. The standard InChI is InChI=1S/C19H25ClN4O2/c1-3-21-19(22-10-8-14-4-7-18(20)24-13-14)23-11-9-15-5-6-16(26-2)12-17(15)25/h4-7,12-13,25H,3,8-11H2,1-2H3,(H2,21,22,23). The van der Waals surface area contributed by atoms with Crippen molar-refractivity contribution in [2.75, 3.05) is 26.7 Å². The topological polar surface area (TPSA) is 78.8 Å². The number of aromatic nitrogens is 1. The number of aliphatic imine (C=N–C) groups is 1. The molecule has 6 nitrogen and oxygen atoms in total. The first-order chi connectivity index (χ1) is 12.6. The molecule has 0 unspecified atom stereocenters. The van der Waals surface area contributed by atoms with Gasteiger partial charge in [-0.05, 0) is 43.0 Å². The molecule has 1 heterocycles. The molecule has 1 aromatic heterocycles. The Morgan fingerprint density at radius 2 is 2.08 bits per heavy atom. The molecular formula is C19H25ClN4O2. The number of aromatic hydroxyl groups is 1. The van der Waals surface area contributed by atoms with Gasteiger partial charge < -0.3 is 20.5 Å². The van der Waals surface area contributed by atoms with Crippen LogP contribution in [-0.4, -0.2) is 42.8 Å². The average Bonchev–Trinajstić information content (AvgIpc) is 2.64. The zero-order valence-electron chi connectivity index (χ0n) is 15.1. The van der Waals surface area contributed by atoms with Crippen molar-refractivity contribution in [3.05, 3.63) is 52.8 Å². The van der Waals surface area contributed by atoms with E-state index in [2.05, 4.69) is 20.6 Å². The molecule has 3 N–H and O–H groups in total. The summed E-state index contributed by atoms with van der Waals surface area (Å²) in [5.41, 5.74) is 1.96. The number of pyridine rings is 1. The summed E-state index contributed by atoms with van der Waals surface area (Å²) >= 11 is 5.79. The van der Waals surface area contributed by atoms with Gasteiger partial charge in [-0.15, -0.1) is 0 Å². The molecule has 0 radical (unpaired) electrons. The molecule has 0 aliphatic heterocycles. The largest absolute Gasteiger partial charge is 0.508 e. The van der Waals surface area contributed by atoms with Gasteiger partial charge in [0.25, 0.3) is 0 Å². The number of hydrogen-bond acceptors (Lipinski definition) is 4. The highest BCUT2D eigenvalue weighted by Crippen LogP contribution is 2.23. The minimum atomic E-state index is 0.229. The SMILES string of the molecule is CCNC(=NCCc1ccc(OC)cc1O)NCCc1ccc(Cl)nc1. The second-order valence-corrected chi connectivity index (χ2v) is 6.06. The smallest absolute Gasteiger partial charge is 0.191 e. The Bertz CT molecular complexity index is 720. The molecule has 2 aromatic rings. The highest BCUT2D eigenvalue weighted by molar-refractivity contribution is 6.29. The molecule has 0 bridgehead atoms. The first-order valence-electron chi connectivity index (χ1n) is 8.61. The van der Waals surface area contributed by atoms with E-state index in [0.29, 0.717) is 23.9 Å². The van der Waals surface area contributed by atoms with Gasteiger partial charge in [0.05, 0.1) is 7.11 Å². The molecule has 0 amide bonds. The Morgan fingerprint density at radius 1 is 1.23 bits per heavy atom. The van der Waals surface area contributed by atoms with Crippen molar-refractivity contribution in [2.24, 2.45) is 4.99 Å². The number of benzene rings is 1. The zero-order chi connectivity index (χ0) is 18.8. The highest BCUT2D eigenvalue weighted by Gasteiger charge is 2.03. The number of methoxy groups -OCH3 is 1. The first kappa shape index (κ1) is 19.8. The van der Waals surface area contributed by atoms with Gasteiger partial charge in [0.15, 0.2) is 5.96 Å². The lowest BCUT2D eigenvalue weighted by Crippen LogP contribution is -2.38. The van der Waals surface area contributed by atoms with Gasteiger partial charge in [-0.3, -0.25) is 4.99 Å². The van der Waals surface area contributed by atoms with E-state index in [-0.39, 0.29) is 5.75 Å². The molecule has 0 saturated heterocycles. The molecule has 0 spiro atoms. The lowest BCUT2D eigenvalue weighted by molar-refractivity contribution is 0.406. The van der Waals surface area contributed by atoms with Crippen molar-refractivity contribution in [3.8, 4) is 11.5 Å². The molecule has 26 heavy (non-hydrogen) atoms. The van der Waals surface area contributed by atoms with Crippen molar-refractivity contribution in [1.82, 2.24) is 15.6 Å². The van der Waals surface area contributed by atoms with Crippen LogP contribution in [-0.2, 0) is 12.8 Å². The molecule has 0 aliphatic rings. The van der Waals surface area contributed by atoms with Crippen molar-refractivity contribution >= 4 is 17.6 Å². The van der Waals surface area contributed by atoms with E-state index in [9.17, 15) is 5.11 Å². The monoisotopic (exact) mass is 376 g/mol. The second kappa shape index (κ2) is 10.5. The number of nitrogens with zero attached hydrogens (tertiary/aromatic N) is 2. The maximum Gasteiger partial charge on any atom is 0.191 e. The van der Waals surface area contributed by atoms with Crippen LogP contribution in [0.1, 0.15) is 18.1 Å². The Kier molecular flexibility index (Phi) is 8.02. The average molecular weight is 377 g/mol. The first-order valence-corrected chi connectivity index (χ1v) is 8.98. The third-order valence-electron chi connectivity index (χ3n) is 3.78. The predicted molar refractivity (Wildman–Crippen MR) is 105 cm³/mol. The number of hydrogen-bond donors (Lipinski definition) is 3. The Hall–Kier alpha value is -2.47. The fraction of sp³-hybridized carbons (Fsp3) is 0.368. The third kappa shape index (κ3) is 6.44. The van der Waals surface area contributed by atoms with E-state index >= 15 is 0 Å². The summed E-state index contributed by atoms with van der Waals surface area (Å²) in [4.78, 5) is 8.63. The molecule has 1 aromatic carbocycles. The maximum absolute atomic E-state index is 10.0. The van der Waals surface area contributed by atoms with Gasteiger partial charge in [-0.1, -0.05) is 23.7 Å². The van der Waals surface area contributed by atoms with Crippen LogP contribution < -0.4 is 15.4 Å². The van der Waals surface area contributed by atoms with Gasteiger partial charge in [0.1, 0.15) is 16.7 Å². The summed E-state index contributed by atoms with van der Waals surface area (Å²) in [5.74, 6) is 1.62. The van der Waals surface area contributed by atoms with Crippen LogP contribution in [0.2, 0.25) is 5.15 Å². The quantitative estimate of drug-likeness (QED) is 0.375. The molecule has 7 heteroatoms. The zero-order valence-corrected chi connectivity index (χ0v) is 15.9. The van der Waals surface area contributed by atoms with E-state index < -0.39 is 0 Å². The summed E-state index contributed by atoms with van der Waals surface area (Å²) in [6.45, 7) is 4.11. The minimum Gasteiger partial charge on any atom is -0.508 e. The number of ether oxygens (including phenoxy) is 1. The highest BCUT2D eigenvalue weighted by atomic mass is 35.5. The molecular weight excluding hydrogens is 352 g/mol. The summed E-state index contributed by atoms with van der Waals surface area (Å²) in [5, 5.41) is 17.0. The summed E-state index contributed by atoms with van der Waals surface area (Å²) < 4.78 is 5.09. The summed E-state index contributed by atoms with van der Waals surface area (Å²) in [6, 6.07) is 9.06. The van der Waals surface area contributed by atoms with E-state index in [4.69, 9.17) is 16.3 Å². The second-order valence-electron chi connectivity index (χ2n) is 5.67. The van der Waals surface area contributed by atoms with Gasteiger partial charge in [-0.2, -0.15) is 0 Å². The number of halogens is 1. The van der Waals surface area contributed by atoms with Gasteiger partial charge in [0, 0.05) is 31.9 Å². The summed E-state index contributed by atoms with van der Waals surface area (Å²) in [7, 11) is 1.58. The van der Waals surface area contributed by atoms with Crippen molar-refractivity contribution in [3.63, 3.8) is 0 Å². The van der Waals surface area contributed by atoms with Crippen molar-refractivity contribution in [1.29, 1.82) is 0 Å². The molecule has 0 saturated carbocycles. The summed E-state index contributed by atoms with van der Waals surface area (Å²) in [6.07, 6.45) is 3.25. The third-order valence-corrected chi connectivity index (χ3v) is 4.01. The maximum atomic E-state index is 10.0. The van der Waals surface area contributed by atoms with Crippen LogP contribution in [0.4, 0.5) is 0 Å². The Morgan fingerprint density at radius 3 is 2.73 bits per heavy atom. The van der Waals surface area contributed by atoms with E-state index in [1.165, 1.54) is 0 Å². The van der Waals surface area contributed by atoms with E-state index in [1.54, 1.807) is 25.4 Å². The lowest BCUT2D eigenvalue weighted by Gasteiger charge is -2.11. The lowest BCUT2D eigenvalue weighted by atomic mass is 10.1. The molecule has 0 aliphatic carbocycles. The van der Waals surface area contributed by atoms with Crippen molar-refractivity contribution in [2.45, 2.75) is 19.8 Å². The van der Waals surface area contributed by atoms with Crippen LogP contribution in [0, 0.1) is 0 Å². The minimum absolute atomic E-state index is 0.229. The van der Waals surface area contributed by atoms with E-state index in [0.717, 1.165) is 36.6 Å². The van der Waals surface area contributed by atoms with Crippen LogP contribution in [0.3, 0.4) is 0 Å². The fourth-order valence-corrected chi connectivity index (χ4v) is 2.50. The number of phenolic OH excluding ortho intramolecular Hbond substituents is 1. The number of phenols is 1.